The first-order valence-corrected chi connectivity index (χ1v) is 4.85. The van der Waals surface area contributed by atoms with Crippen LogP contribution in [-0.2, 0) is 4.74 Å². The topological polar surface area (TPSA) is 21.6 Å². The molecule has 1 aliphatic rings. The number of hydrogen-bond donors (Lipinski definition) is 0. The van der Waals surface area contributed by atoms with Gasteiger partial charge in [0, 0.05) is 5.92 Å². The maximum absolute atomic E-state index is 5.53. The molecule has 2 heteroatoms. The van der Waals surface area contributed by atoms with Crippen molar-refractivity contribution < 1.29 is 4.74 Å². The van der Waals surface area contributed by atoms with E-state index in [-0.39, 0.29) is 0 Å². The molecule has 70 valence electrons. The quantitative estimate of drug-likeness (QED) is 0.636. The van der Waals surface area contributed by atoms with E-state index in [9.17, 15) is 0 Å². The molecular weight excluding hydrogens is 150 g/mol. The van der Waals surface area contributed by atoms with Gasteiger partial charge in [-0.1, -0.05) is 27.7 Å². The number of nitrogens with zero attached hydrogens (tertiary/aromatic N) is 1. The number of rotatable bonds is 3. The Bertz CT molecular complexity index is 175. The Morgan fingerprint density at radius 3 is 2.58 bits per heavy atom. The summed E-state index contributed by atoms with van der Waals surface area (Å²) in [7, 11) is 0. The van der Waals surface area contributed by atoms with E-state index in [0.29, 0.717) is 17.9 Å². The van der Waals surface area contributed by atoms with Crippen molar-refractivity contribution in [2.24, 2.45) is 16.8 Å². The van der Waals surface area contributed by atoms with E-state index >= 15 is 0 Å². The molecule has 2 atom stereocenters. The minimum Gasteiger partial charge on any atom is -0.478 e. The molecule has 0 saturated heterocycles. The maximum Gasteiger partial charge on any atom is 0.186 e. The minimum absolute atomic E-state index is 0.397. The van der Waals surface area contributed by atoms with E-state index in [4.69, 9.17) is 4.74 Å². The normalized spacial score (nSPS) is 25.4. The van der Waals surface area contributed by atoms with Gasteiger partial charge in [0.05, 0.1) is 6.04 Å². The predicted molar refractivity (Wildman–Crippen MR) is 51.5 cm³/mol. The van der Waals surface area contributed by atoms with Gasteiger partial charge in [-0.3, -0.25) is 0 Å². The Kier molecular flexibility index (Phi) is 3.12. The van der Waals surface area contributed by atoms with E-state index < -0.39 is 0 Å². The molecule has 0 radical (unpaired) electrons. The monoisotopic (exact) mass is 169 g/mol. The van der Waals surface area contributed by atoms with Gasteiger partial charge in [0.25, 0.3) is 0 Å². The molecule has 0 aromatic rings. The fraction of sp³-hybridized carbons (Fsp3) is 0.900. The Morgan fingerprint density at radius 2 is 2.17 bits per heavy atom. The van der Waals surface area contributed by atoms with Crippen LogP contribution in [0.1, 0.15) is 34.1 Å². The van der Waals surface area contributed by atoms with Crippen LogP contribution in [0.2, 0.25) is 0 Å². The van der Waals surface area contributed by atoms with Gasteiger partial charge in [-0.15, -0.1) is 0 Å². The van der Waals surface area contributed by atoms with Crippen molar-refractivity contribution in [1.29, 1.82) is 0 Å². The van der Waals surface area contributed by atoms with Gasteiger partial charge in [-0.25, -0.2) is 4.99 Å². The minimum atomic E-state index is 0.397. The highest BCUT2D eigenvalue weighted by atomic mass is 16.5. The Labute approximate surface area is 75.0 Å². The first-order valence-electron chi connectivity index (χ1n) is 4.85. The summed E-state index contributed by atoms with van der Waals surface area (Å²) in [4.78, 5) is 4.55. The molecule has 1 aliphatic heterocycles. The standard InChI is InChI=1S/C10H19NO/c1-5-8(4)10-11-9(6-12-10)7(2)3/h7-9H,5-6H2,1-4H3/t8-,9+/m0/s1. The lowest BCUT2D eigenvalue weighted by Gasteiger charge is -2.07. The van der Waals surface area contributed by atoms with Crippen LogP contribution >= 0.6 is 0 Å². The number of hydrogen-bond acceptors (Lipinski definition) is 2. The Morgan fingerprint density at radius 1 is 1.50 bits per heavy atom. The van der Waals surface area contributed by atoms with Crippen LogP contribution < -0.4 is 0 Å². The summed E-state index contributed by atoms with van der Waals surface area (Å²) in [6.45, 7) is 9.51. The molecule has 0 aromatic carbocycles. The lowest BCUT2D eigenvalue weighted by molar-refractivity contribution is 0.277. The van der Waals surface area contributed by atoms with E-state index in [1.807, 2.05) is 0 Å². The summed E-state index contributed by atoms with van der Waals surface area (Å²) < 4.78 is 5.53. The van der Waals surface area contributed by atoms with Crippen molar-refractivity contribution >= 4 is 5.90 Å². The molecule has 0 N–H and O–H groups in total. The molecule has 2 nitrogen and oxygen atoms in total. The van der Waals surface area contributed by atoms with Crippen LogP contribution in [0.15, 0.2) is 4.99 Å². The molecule has 1 rings (SSSR count). The van der Waals surface area contributed by atoms with Crippen molar-refractivity contribution in [1.82, 2.24) is 0 Å². The second kappa shape index (κ2) is 3.92. The third-order valence-electron chi connectivity index (χ3n) is 2.50. The van der Waals surface area contributed by atoms with Crippen molar-refractivity contribution in [3.63, 3.8) is 0 Å². The van der Waals surface area contributed by atoms with Crippen LogP contribution in [0, 0.1) is 11.8 Å². The van der Waals surface area contributed by atoms with Gasteiger partial charge in [0.2, 0.25) is 0 Å². The second-order valence-electron chi connectivity index (χ2n) is 3.90. The third kappa shape index (κ3) is 1.99. The number of ether oxygens (including phenoxy) is 1. The van der Waals surface area contributed by atoms with Crippen LogP contribution in [0.25, 0.3) is 0 Å². The summed E-state index contributed by atoms with van der Waals surface area (Å²) in [5.41, 5.74) is 0. The molecule has 0 spiro atoms. The van der Waals surface area contributed by atoms with Gasteiger partial charge < -0.3 is 4.74 Å². The molecular formula is C10H19NO. The van der Waals surface area contributed by atoms with Gasteiger partial charge in [0.1, 0.15) is 6.61 Å². The lowest BCUT2D eigenvalue weighted by atomic mass is 10.1. The molecule has 0 unspecified atom stereocenters. The highest BCUT2D eigenvalue weighted by Crippen LogP contribution is 2.18. The van der Waals surface area contributed by atoms with Gasteiger partial charge in [-0.2, -0.15) is 0 Å². The second-order valence-corrected chi connectivity index (χ2v) is 3.90. The first-order chi connectivity index (χ1) is 5.65. The molecule has 0 amide bonds. The van der Waals surface area contributed by atoms with Gasteiger partial charge in [-0.05, 0) is 12.3 Å². The van der Waals surface area contributed by atoms with Crippen molar-refractivity contribution in [3.8, 4) is 0 Å². The average molecular weight is 169 g/mol. The van der Waals surface area contributed by atoms with Crippen molar-refractivity contribution in [2.45, 2.75) is 40.2 Å². The summed E-state index contributed by atoms with van der Waals surface area (Å²) in [5, 5.41) is 0. The van der Waals surface area contributed by atoms with Crippen molar-refractivity contribution in [3.05, 3.63) is 0 Å². The molecule has 0 aliphatic carbocycles. The number of aliphatic imine (C=N–C) groups is 1. The fourth-order valence-corrected chi connectivity index (χ4v) is 1.19. The molecule has 0 fully saturated rings. The smallest absolute Gasteiger partial charge is 0.186 e. The first kappa shape index (κ1) is 9.56. The summed E-state index contributed by atoms with van der Waals surface area (Å²) >= 11 is 0. The SMILES string of the molecule is CC[C@H](C)C1=N[C@@H](C(C)C)CO1. The largest absolute Gasteiger partial charge is 0.478 e. The van der Waals surface area contributed by atoms with E-state index in [2.05, 4.69) is 32.7 Å². The third-order valence-corrected chi connectivity index (χ3v) is 2.50. The van der Waals surface area contributed by atoms with Gasteiger partial charge in [0.15, 0.2) is 5.90 Å². The zero-order valence-corrected chi connectivity index (χ0v) is 8.50. The van der Waals surface area contributed by atoms with Crippen LogP contribution in [-0.4, -0.2) is 18.5 Å². The zero-order valence-electron chi connectivity index (χ0n) is 8.50. The van der Waals surface area contributed by atoms with Crippen LogP contribution in [0.5, 0.6) is 0 Å². The predicted octanol–water partition coefficient (Wildman–Crippen LogP) is 2.49. The highest BCUT2D eigenvalue weighted by Gasteiger charge is 2.23. The Balaban J connectivity index is 2.53. The zero-order chi connectivity index (χ0) is 9.14. The molecule has 0 saturated carbocycles. The van der Waals surface area contributed by atoms with Gasteiger partial charge >= 0.3 is 0 Å². The summed E-state index contributed by atoms with van der Waals surface area (Å²) in [6, 6.07) is 0.397. The molecule has 1 heterocycles. The van der Waals surface area contributed by atoms with Crippen LogP contribution in [0.3, 0.4) is 0 Å². The molecule has 12 heavy (non-hydrogen) atoms. The van der Waals surface area contributed by atoms with E-state index in [0.717, 1.165) is 18.9 Å². The average Bonchev–Trinajstić information content (AvgIpc) is 2.51. The fourth-order valence-electron chi connectivity index (χ4n) is 1.19. The molecule has 0 aromatic heterocycles. The highest BCUT2D eigenvalue weighted by molar-refractivity contribution is 5.79. The Hall–Kier alpha value is -0.530. The van der Waals surface area contributed by atoms with E-state index in [1.54, 1.807) is 0 Å². The summed E-state index contributed by atoms with van der Waals surface area (Å²) in [6.07, 6.45) is 1.11. The summed E-state index contributed by atoms with van der Waals surface area (Å²) in [5.74, 6) is 2.07. The van der Waals surface area contributed by atoms with Crippen LogP contribution in [0.4, 0.5) is 0 Å². The van der Waals surface area contributed by atoms with Crippen molar-refractivity contribution in [2.75, 3.05) is 6.61 Å². The lowest BCUT2D eigenvalue weighted by Crippen LogP contribution is -2.13. The molecule has 0 bridgehead atoms. The maximum atomic E-state index is 5.53. The van der Waals surface area contributed by atoms with E-state index in [1.165, 1.54) is 0 Å².